The van der Waals surface area contributed by atoms with E-state index in [1.807, 2.05) is 31.2 Å². The van der Waals surface area contributed by atoms with Crippen LogP contribution < -0.4 is 0 Å². The molecule has 0 aromatic heterocycles. The molecule has 0 heterocycles. The molecule has 0 aliphatic rings. The van der Waals surface area contributed by atoms with Gasteiger partial charge >= 0.3 is 5.97 Å². The lowest BCUT2D eigenvalue weighted by Crippen LogP contribution is -2.37. The molecule has 0 aliphatic heterocycles. The van der Waals surface area contributed by atoms with Gasteiger partial charge in [0.1, 0.15) is 0 Å². The van der Waals surface area contributed by atoms with Crippen LogP contribution in [0, 0.1) is 6.92 Å². The Bertz CT molecular complexity index is 361. The van der Waals surface area contributed by atoms with Crippen molar-refractivity contribution in [1.82, 2.24) is 0 Å². The van der Waals surface area contributed by atoms with E-state index >= 15 is 0 Å². The van der Waals surface area contributed by atoms with E-state index in [2.05, 4.69) is 0 Å². The molecule has 4 heteroatoms. The molecule has 1 aromatic rings. The Morgan fingerprint density at radius 3 is 2.60 bits per heavy atom. The highest BCUT2D eigenvalue weighted by Gasteiger charge is 2.29. The number of hydrogen-bond donors (Lipinski definition) is 2. The first-order valence-electron chi connectivity index (χ1n) is 4.58. The van der Waals surface area contributed by atoms with Crippen molar-refractivity contribution in [3.63, 3.8) is 0 Å². The zero-order chi connectivity index (χ0) is 11.5. The highest BCUT2D eigenvalue weighted by Crippen LogP contribution is 2.25. The van der Waals surface area contributed by atoms with Gasteiger partial charge in [-0.25, -0.2) is 4.79 Å². The summed E-state index contributed by atoms with van der Waals surface area (Å²) < 4.78 is 0. The summed E-state index contributed by atoms with van der Waals surface area (Å²) in [5.41, 5.74) is -0.587. The third-order valence-corrected chi connectivity index (χ3v) is 3.54. The molecule has 3 nitrogen and oxygen atoms in total. The molecule has 15 heavy (non-hydrogen) atoms. The van der Waals surface area contributed by atoms with Gasteiger partial charge < -0.3 is 10.2 Å². The molecule has 0 aliphatic carbocycles. The van der Waals surface area contributed by atoms with E-state index in [0.29, 0.717) is 0 Å². The number of aryl methyl sites for hydroxylation is 1. The smallest absolute Gasteiger partial charge is 0.336 e. The number of thioether (sulfide) groups is 1. The van der Waals surface area contributed by atoms with Crippen molar-refractivity contribution in [2.24, 2.45) is 0 Å². The monoisotopic (exact) mass is 226 g/mol. The van der Waals surface area contributed by atoms with Crippen LogP contribution in [0.1, 0.15) is 12.5 Å². The average Bonchev–Trinajstić information content (AvgIpc) is 2.16. The topological polar surface area (TPSA) is 57.5 Å². The van der Waals surface area contributed by atoms with Crippen LogP contribution in [0.25, 0.3) is 0 Å². The van der Waals surface area contributed by atoms with Crippen molar-refractivity contribution in [1.29, 1.82) is 0 Å². The van der Waals surface area contributed by atoms with Gasteiger partial charge in [-0.15, -0.1) is 11.8 Å². The van der Waals surface area contributed by atoms with Crippen molar-refractivity contribution in [3.05, 3.63) is 29.8 Å². The molecule has 1 aromatic carbocycles. The van der Waals surface area contributed by atoms with E-state index in [-0.39, 0.29) is 5.75 Å². The second kappa shape index (κ2) is 4.68. The fourth-order valence-electron chi connectivity index (χ4n) is 0.998. The van der Waals surface area contributed by atoms with Crippen LogP contribution in [0.3, 0.4) is 0 Å². The molecule has 0 bridgehead atoms. The van der Waals surface area contributed by atoms with Gasteiger partial charge in [-0.1, -0.05) is 18.2 Å². The van der Waals surface area contributed by atoms with Gasteiger partial charge in [0.25, 0.3) is 0 Å². The van der Waals surface area contributed by atoms with Crippen LogP contribution >= 0.6 is 11.8 Å². The number of carboxylic acid groups (broad SMARTS) is 1. The van der Waals surface area contributed by atoms with Crippen molar-refractivity contribution in [3.8, 4) is 0 Å². The Kier molecular flexibility index (Phi) is 3.77. The Balaban J connectivity index is 2.66. The minimum atomic E-state index is -1.67. The number of aliphatic carboxylic acids is 1. The minimum Gasteiger partial charge on any atom is -0.479 e. The first-order chi connectivity index (χ1) is 6.93. The predicted octanol–water partition coefficient (Wildman–Crippen LogP) is 1.92. The first kappa shape index (κ1) is 12.1. The summed E-state index contributed by atoms with van der Waals surface area (Å²) in [5, 5.41) is 18.2. The first-order valence-corrected chi connectivity index (χ1v) is 5.56. The van der Waals surface area contributed by atoms with Crippen LogP contribution in [-0.2, 0) is 4.79 Å². The Morgan fingerprint density at radius 1 is 1.47 bits per heavy atom. The largest absolute Gasteiger partial charge is 0.479 e. The quantitative estimate of drug-likeness (QED) is 0.770. The molecule has 0 spiro atoms. The normalized spacial score (nSPS) is 14.6. The highest BCUT2D eigenvalue weighted by atomic mass is 32.2. The Hall–Kier alpha value is -1.00. The molecule has 1 unspecified atom stereocenters. The number of benzene rings is 1. The van der Waals surface area contributed by atoms with Crippen LogP contribution in [0.2, 0.25) is 0 Å². The molecular weight excluding hydrogens is 212 g/mol. The molecule has 0 amide bonds. The van der Waals surface area contributed by atoms with Crippen molar-refractivity contribution in [2.75, 3.05) is 5.75 Å². The molecule has 0 saturated heterocycles. The lowest BCUT2D eigenvalue weighted by molar-refractivity contribution is -0.154. The summed E-state index contributed by atoms with van der Waals surface area (Å²) in [6.45, 7) is 3.26. The highest BCUT2D eigenvalue weighted by molar-refractivity contribution is 7.99. The van der Waals surface area contributed by atoms with Gasteiger partial charge in [0.15, 0.2) is 5.60 Å². The van der Waals surface area contributed by atoms with Gasteiger partial charge in [0, 0.05) is 10.6 Å². The number of rotatable bonds is 4. The molecule has 0 radical (unpaired) electrons. The van der Waals surface area contributed by atoms with Gasteiger partial charge in [-0.3, -0.25) is 0 Å². The maximum absolute atomic E-state index is 10.7. The predicted molar refractivity (Wildman–Crippen MR) is 60.2 cm³/mol. The Labute approximate surface area is 93.1 Å². The summed E-state index contributed by atoms with van der Waals surface area (Å²) in [4.78, 5) is 11.7. The molecule has 0 saturated carbocycles. The van der Waals surface area contributed by atoms with E-state index in [0.717, 1.165) is 10.5 Å². The Morgan fingerprint density at radius 2 is 2.07 bits per heavy atom. The second-order valence-corrected chi connectivity index (χ2v) is 4.65. The lowest BCUT2D eigenvalue weighted by Gasteiger charge is -2.17. The fraction of sp³-hybridized carbons (Fsp3) is 0.364. The lowest BCUT2D eigenvalue weighted by atomic mass is 10.1. The van der Waals surface area contributed by atoms with Gasteiger partial charge in [-0.2, -0.15) is 0 Å². The number of hydrogen-bond acceptors (Lipinski definition) is 3. The van der Waals surface area contributed by atoms with Crippen LogP contribution in [0.4, 0.5) is 0 Å². The summed E-state index contributed by atoms with van der Waals surface area (Å²) in [7, 11) is 0. The molecule has 82 valence electrons. The van der Waals surface area contributed by atoms with Crippen molar-refractivity contribution >= 4 is 17.7 Å². The molecule has 1 atom stereocenters. The second-order valence-electron chi connectivity index (χ2n) is 3.63. The van der Waals surface area contributed by atoms with E-state index < -0.39 is 11.6 Å². The zero-order valence-corrected chi connectivity index (χ0v) is 9.54. The molecular formula is C11H14O3S. The van der Waals surface area contributed by atoms with Gasteiger partial charge in [0.05, 0.1) is 0 Å². The van der Waals surface area contributed by atoms with Crippen LogP contribution in [0.5, 0.6) is 0 Å². The molecule has 0 fully saturated rings. The van der Waals surface area contributed by atoms with Crippen molar-refractivity contribution < 1.29 is 15.0 Å². The maximum atomic E-state index is 10.7. The summed E-state index contributed by atoms with van der Waals surface area (Å²) >= 11 is 1.35. The minimum absolute atomic E-state index is 0.146. The van der Waals surface area contributed by atoms with Gasteiger partial charge in [-0.05, 0) is 25.5 Å². The number of aliphatic hydroxyl groups is 1. The number of carbonyl (C=O) groups is 1. The summed E-state index contributed by atoms with van der Waals surface area (Å²) in [6.07, 6.45) is 0. The fourth-order valence-corrected chi connectivity index (χ4v) is 2.03. The third kappa shape index (κ3) is 3.25. The van der Waals surface area contributed by atoms with E-state index in [1.54, 1.807) is 0 Å². The SMILES string of the molecule is Cc1ccccc1SCC(C)(O)C(=O)O. The molecule has 2 N–H and O–H groups in total. The summed E-state index contributed by atoms with van der Waals surface area (Å²) in [6, 6.07) is 7.69. The number of carboxylic acids is 1. The van der Waals surface area contributed by atoms with E-state index in [9.17, 15) is 9.90 Å². The van der Waals surface area contributed by atoms with Gasteiger partial charge in [0.2, 0.25) is 0 Å². The standard InChI is InChI=1S/C11H14O3S/c1-8-5-3-4-6-9(8)15-7-11(2,14)10(12)13/h3-6,14H,7H2,1-2H3,(H,12,13). The average molecular weight is 226 g/mol. The van der Waals surface area contributed by atoms with Crippen LogP contribution in [-0.4, -0.2) is 27.5 Å². The maximum Gasteiger partial charge on any atom is 0.336 e. The third-order valence-electron chi connectivity index (χ3n) is 2.06. The zero-order valence-electron chi connectivity index (χ0n) is 8.73. The molecule has 1 rings (SSSR count). The van der Waals surface area contributed by atoms with E-state index in [4.69, 9.17) is 5.11 Å². The summed E-state index contributed by atoms with van der Waals surface area (Å²) in [5.74, 6) is -1.05. The van der Waals surface area contributed by atoms with Crippen LogP contribution in [0.15, 0.2) is 29.2 Å². The van der Waals surface area contributed by atoms with E-state index in [1.165, 1.54) is 18.7 Å². The van der Waals surface area contributed by atoms with Crippen molar-refractivity contribution in [2.45, 2.75) is 24.3 Å².